The third-order valence-corrected chi connectivity index (χ3v) is 4.52. The van der Waals surface area contributed by atoms with Crippen LogP contribution in [-0.2, 0) is 16.0 Å². The van der Waals surface area contributed by atoms with Gasteiger partial charge in [-0.15, -0.1) is 0 Å². The molecule has 2 aromatic rings. The number of nitrogens with two attached hydrogens (primary N) is 1. The van der Waals surface area contributed by atoms with Crippen molar-refractivity contribution >= 4 is 11.6 Å². The van der Waals surface area contributed by atoms with Crippen molar-refractivity contribution in [1.29, 1.82) is 0 Å². The van der Waals surface area contributed by atoms with Crippen LogP contribution < -0.4 is 5.73 Å². The zero-order valence-corrected chi connectivity index (χ0v) is 14.3. The Morgan fingerprint density at radius 3 is 2.64 bits per heavy atom. The van der Waals surface area contributed by atoms with Crippen molar-refractivity contribution in [2.45, 2.75) is 32.0 Å². The summed E-state index contributed by atoms with van der Waals surface area (Å²) < 4.78 is 19.1. The monoisotopic (exact) mass is 342 g/mol. The molecule has 132 valence electrons. The van der Waals surface area contributed by atoms with Gasteiger partial charge in [0.1, 0.15) is 11.9 Å². The van der Waals surface area contributed by atoms with Crippen LogP contribution in [0.15, 0.2) is 48.5 Å². The number of carbonyl (C=O) groups is 1. The van der Waals surface area contributed by atoms with Crippen molar-refractivity contribution in [2.24, 2.45) is 0 Å². The van der Waals surface area contributed by atoms with Crippen molar-refractivity contribution in [3.05, 3.63) is 65.5 Å². The fourth-order valence-corrected chi connectivity index (χ4v) is 3.18. The number of para-hydroxylation sites is 1. The molecule has 1 fully saturated rings. The van der Waals surface area contributed by atoms with Gasteiger partial charge < -0.3 is 15.4 Å². The Morgan fingerprint density at radius 1 is 1.20 bits per heavy atom. The molecule has 2 N–H and O–H groups in total. The largest absolute Gasteiger partial charge is 0.399 e. The summed E-state index contributed by atoms with van der Waals surface area (Å²) in [7, 11) is 0. The number of hydrogen-bond donors (Lipinski definition) is 1. The number of rotatable bonds is 4. The highest BCUT2D eigenvalue weighted by Crippen LogP contribution is 2.26. The third-order valence-electron chi connectivity index (χ3n) is 4.52. The van der Waals surface area contributed by atoms with Crippen molar-refractivity contribution in [3.8, 4) is 0 Å². The van der Waals surface area contributed by atoms with E-state index < -0.39 is 0 Å². The van der Waals surface area contributed by atoms with Gasteiger partial charge in [0.05, 0.1) is 12.6 Å². The van der Waals surface area contributed by atoms with Crippen molar-refractivity contribution in [1.82, 2.24) is 4.90 Å². The second-order valence-corrected chi connectivity index (χ2v) is 6.48. The molecule has 4 nitrogen and oxygen atoms in total. The van der Waals surface area contributed by atoms with Crippen molar-refractivity contribution < 1.29 is 13.9 Å². The van der Waals surface area contributed by atoms with Gasteiger partial charge in [-0.25, -0.2) is 4.39 Å². The van der Waals surface area contributed by atoms with Crippen molar-refractivity contribution in [3.63, 3.8) is 0 Å². The summed E-state index contributed by atoms with van der Waals surface area (Å²) in [4.78, 5) is 14.5. The molecule has 3 rings (SSSR count). The first-order valence-corrected chi connectivity index (χ1v) is 8.55. The van der Waals surface area contributed by atoms with Crippen LogP contribution in [0.2, 0.25) is 0 Å². The summed E-state index contributed by atoms with van der Waals surface area (Å²) in [6, 6.07) is 13.9. The third kappa shape index (κ3) is 4.37. The zero-order valence-electron chi connectivity index (χ0n) is 14.3. The molecule has 1 aliphatic heterocycles. The molecule has 0 bridgehead atoms. The number of halogens is 1. The molecule has 1 saturated heterocycles. The minimum atomic E-state index is -0.277. The predicted octanol–water partition coefficient (Wildman–Crippen LogP) is 3.33. The molecule has 1 aliphatic rings. The molecular formula is C20H23FN2O2. The molecule has 1 amide bonds. The van der Waals surface area contributed by atoms with Crippen LogP contribution in [0.1, 0.15) is 30.6 Å². The molecule has 1 heterocycles. The van der Waals surface area contributed by atoms with Gasteiger partial charge >= 0.3 is 0 Å². The lowest BCUT2D eigenvalue weighted by atomic mass is 10.0. The molecule has 0 spiro atoms. The fourth-order valence-electron chi connectivity index (χ4n) is 3.18. The van der Waals surface area contributed by atoms with E-state index in [9.17, 15) is 9.18 Å². The van der Waals surface area contributed by atoms with Crippen LogP contribution in [0.5, 0.6) is 0 Å². The number of aryl methyl sites for hydroxylation is 1. The maximum Gasteiger partial charge on any atom is 0.223 e. The second kappa shape index (κ2) is 7.66. The van der Waals surface area contributed by atoms with Crippen LogP contribution in [0.4, 0.5) is 10.1 Å². The van der Waals surface area contributed by atoms with Crippen molar-refractivity contribution in [2.75, 3.05) is 18.8 Å². The van der Waals surface area contributed by atoms with Crippen LogP contribution in [0, 0.1) is 5.82 Å². The molecular weight excluding hydrogens is 319 g/mol. The van der Waals surface area contributed by atoms with E-state index >= 15 is 0 Å². The summed E-state index contributed by atoms with van der Waals surface area (Å²) in [6.45, 7) is 3.00. The van der Waals surface area contributed by atoms with E-state index in [1.54, 1.807) is 12.1 Å². The second-order valence-electron chi connectivity index (χ2n) is 6.48. The Labute approximate surface area is 147 Å². The van der Waals surface area contributed by atoms with E-state index in [4.69, 9.17) is 10.5 Å². The first kappa shape index (κ1) is 17.4. The minimum absolute atomic E-state index is 0.0606. The number of anilines is 1. The highest BCUT2D eigenvalue weighted by molar-refractivity contribution is 5.77. The first-order chi connectivity index (χ1) is 12.0. The molecule has 0 saturated carbocycles. The summed E-state index contributed by atoms with van der Waals surface area (Å²) in [5.41, 5.74) is 8.54. The van der Waals surface area contributed by atoms with E-state index in [0.29, 0.717) is 25.9 Å². The average molecular weight is 342 g/mol. The first-order valence-electron chi connectivity index (χ1n) is 8.55. The maximum atomic E-state index is 13.1. The number of hydrogen-bond acceptors (Lipinski definition) is 3. The Bertz CT molecular complexity index is 733. The Kier molecular flexibility index (Phi) is 5.34. The van der Waals surface area contributed by atoms with Crippen LogP contribution in [-0.4, -0.2) is 30.0 Å². The molecule has 5 heteroatoms. The molecule has 0 aliphatic carbocycles. The number of nitrogen functional groups attached to an aromatic ring is 1. The lowest BCUT2D eigenvalue weighted by molar-refractivity contribution is -0.144. The normalized spacial score (nSPS) is 20.5. The number of ether oxygens (including phenoxy) is 1. The lowest BCUT2D eigenvalue weighted by Gasteiger charge is -2.37. The summed E-state index contributed by atoms with van der Waals surface area (Å²) in [5.74, 6) is -0.188. The minimum Gasteiger partial charge on any atom is -0.399 e. The Hall–Kier alpha value is -2.40. The van der Waals surface area contributed by atoms with E-state index in [1.807, 2.05) is 36.1 Å². The maximum absolute atomic E-state index is 13.1. The number of carbonyl (C=O) groups excluding carboxylic acids is 1. The van der Waals surface area contributed by atoms with E-state index in [-0.39, 0.29) is 23.9 Å². The number of morpholine rings is 1. The summed E-state index contributed by atoms with van der Waals surface area (Å²) >= 11 is 0. The van der Waals surface area contributed by atoms with Gasteiger partial charge in [-0.1, -0.05) is 30.3 Å². The molecule has 2 aromatic carbocycles. The van der Waals surface area contributed by atoms with E-state index in [1.165, 1.54) is 12.1 Å². The standard InChI is InChI=1S/C20H23FN2O2/c1-14-12-23(13-19(25-14)16-6-9-17(21)10-7-16)20(24)11-8-15-4-2-3-5-18(15)22/h2-7,9-10,14,19H,8,11-13,22H2,1H3. The van der Waals surface area contributed by atoms with Gasteiger partial charge in [-0.3, -0.25) is 4.79 Å². The highest BCUT2D eigenvalue weighted by atomic mass is 19.1. The van der Waals surface area contributed by atoms with Crippen LogP contribution in [0.3, 0.4) is 0 Å². The molecule has 2 atom stereocenters. The van der Waals surface area contributed by atoms with Gasteiger partial charge in [0, 0.05) is 18.7 Å². The van der Waals surface area contributed by atoms with Crippen LogP contribution >= 0.6 is 0 Å². The van der Waals surface area contributed by atoms with Crippen LogP contribution in [0.25, 0.3) is 0 Å². The lowest BCUT2D eigenvalue weighted by Crippen LogP contribution is -2.46. The molecule has 0 aromatic heterocycles. The smallest absolute Gasteiger partial charge is 0.223 e. The average Bonchev–Trinajstić information content (AvgIpc) is 2.61. The van der Waals surface area contributed by atoms with E-state index in [0.717, 1.165) is 16.8 Å². The van der Waals surface area contributed by atoms with Gasteiger partial charge in [-0.05, 0) is 42.7 Å². The molecule has 0 radical (unpaired) electrons. The zero-order chi connectivity index (χ0) is 17.8. The number of nitrogens with zero attached hydrogens (tertiary/aromatic N) is 1. The summed E-state index contributed by atoms with van der Waals surface area (Å²) in [6.07, 6.45) is 0.750. The quantitative estimate of drug-likeness (QED) is 0.867. The molecule has 2 unspecified atom stereocenters. The Morgan fingerprint density at radius 2 is 1.92 bits per heavy atom. The van der Waals surface area contributed by atoms with E-state index in [2.05, 4.69) is 0 Å². The number of benzene rings is 2. The Balaban J connectivity index is 1.63. The predicted molar refractivity (Wildman–Crippen MR) is 95.4 cm³/mol. The topological polar surface area (TPSA) is 55.6 Å². The SMILES string of the molecule is CC1CN(C(=O)CCc2ccccc2N)CC(c2ccc(F)cc2)O1. The van der Waals surface area contributed by atoms with Gasteiger partial charge in [-0.2, -0.15) is 0 Å². The summed E-state index contributed by atoms with van der Waals surface area (Å²) in [5, 5.41) is 0. The highest BCUT2D eigenvalue weighted by Gasteiger charge is 2.29. The van der Waals surface area contributed by atoms with Gasteiger partial charge in [0.2, 0.25) is 5.91 Å². The van der Waals surface area contributed by atoms with Gasteiger partial charge in [0.25, 0.3) is 0 Å². The molecule has 25 heavy (non-hydrogen) atoms. The fraction of sp³-hybridized carbons (Fsp3) is 0.350. The van der Waals surface area contributed by atoms with Gasteiger partial charge in [0.15, 0.2) is 0 Å². The number of amides is 1.